The average molecular weight is 334 g/mol. The Morgan fingerprint density at radius 3 is 1.30 bits per heavy atom. The maximum Gasteiger partial charge on any atom is 0.199 e. The molecule has 7 heteroatoms. The molecule has 136 valence electrons. The Balaban J connectivity index is 0. The third-order valence-corrected chi connectivity index (χ3v) is 3.49. The zero-order valence-corrected chi connectivity index (χ0v) is 14.5. The number of rotatable bonds is 10. The second kappa shape index (κ2) is 11.4. The molecule has 0 saturated carbocycles. The summed E-state index contributed by atoms with van der Waals surface area (Å²) in [7, 11) is 0. The summed E-state index contributed by atoms with van der Waals surface area (Å²) >= 11 is 0. The van der Waals surface area contributed by atoms with Gasteiger partial charge in [0.05, 0.1) is 18.8 Å². The fourth-order valence-corrected chi connectivity index (χ4v) is 1.56. The summed E-state index contributed by atoms with van der Waals surface area (Å²) in [5, 5.41) is 37.5. The number of Topliss-reactive ketones (excluding diaryl/α,β-unsaturated/α-hetero) is 2. The predicted molar refractivity (Wildman–Crippen MR) is 86.0 cm³/mol. The molecule has 0 aromatic carbocycles. The van der Waals surface area contributed by atoms with E-state index in [0.29, 0.717) is 0 Å². The number of ketones is 2. The third-order valence-electron chi connectivity index (χ3n) is 3.49. The first-order chi connectivity index (χ1) is 10.6. The number of carbonyl (C=O) groups is 2. The van der Waals surface area contributed by atoms with Crippen molar-refractivity contribution in [3.63, 3.8) is 0 Å². The maximum atomic E-state index is 11.8. The van der Waals surface area contributed by atoms with E-state index in [2.05, 4.69) is 6.58 Å². The number of hydrogen-bond acceptors (Lipinski definition) is 7. The standard InChI is InChI=1S/C12H20O6.C4H10O/c1-4-11(17,6-13)9(15)8(3)10(16)12(18,5-2)7-14;1-3-5-4-2/h13-14,17-18H,3-7H2,1-2H3;3-4H2,1-2H3. The summed E-state index contributed by atoms with van der Waals surface area (Å²) in [6, 6.07) is 0. The van der Waals surface area contributed by atoms with Crippen molar-refractivity contribution in [3.8, 4) is 0 Å². The molecule has 0 spiro atoms. The molecular formula is C16H30O7. The van der Waals surface area contributed by atoms with Crippen molar-refractivity contribution in [1.82, 2.24) is 0 Å². The second-order valence-electron chi connectivity index (χ2n) is 5.00. The van der Waals surface area contributed by atoms with Gasteiger partial charge < -0.3 is 25.2 Å². The molecule has 2 atom stereocenters. The van der Waals surface area contributed by atoms with E-state index >= 15 is 0 Å². The van der Waals surface area contributed by atoms with Crippen LogP contribution >= 0.6 is 0 Å². The van der Waals surface area contributed by atoms with E-state index in [1.807, 2.05) is 13.8 Å². The lowest BCUT2D eigenvalue weighted by atomic mass is 9.84. The second-order valence-corrected chi connectivity index (χ2v) is 5.00. The Bertz CT molecular complexity index is 348. The van der Waals surface area contributed by atoms with Gasteiger partial charge >= 0.3 is 0 Å². The van der Waals surface area contributed by atoms with Gasteiger partial charge in [-0.15, -0.1) is 0 Å². The summed E-state index contributed by atoms with van der Waals surface area (Å²) in [6.45, 7) is 10.1. The summed E-state index contributed by atoms with van der Waals surface area (Å²) in [6.07, 6.45) is -0.198. The Kier molecular flexibility index (Phi) is 12.0. The number of aliphatic hydroxyl groups excluding tert-OH is 2. The van der Waals surface area contributed by atoms with Crippen molar-refractivity contribution >= 4 is 11.6 Å². The van der Waals surface area contributed by atoms with E-state index in [1.54, 1.807) is 0 Å². The van der Waals surface area contributed by atoms with Gasteiger partial charge in [-0.2, -0.15) is 0 Å². The smallest absolute Gasteiger partial charge is 0.199 e. The lowest BCUT2D eigenvalue weighted by Gasteiger charge is -2.27. The van der Waals surface area contributed by atoms with Gasteiger partial charge in [0.15, 0.2) is 11.6 Å². The summed E-state index contributed by atoms with van der Waals surface area (Å²) in [5.74, 6) is -2.09. The highest BCUT2D eigenvalue weighted by atomic mass is 16.5. The van der Waals surface area contributed by atoms with E-state index in [1.165, 1.54) is 13.8 Å². The van der Waals surface area contributed by atoms with Crippen LogP contribution < -0.4 is 0 Å². The van der Waals surface area contributed by atoms with Crippen LogP contribution in [0.3, 0.4) is 0 Å². The van der Waals surface area contributed by atoms with Crippen LogP contribution in [0.2, 0.25) is 0 Å². The summed E-state index contributed by atoms with van der Waals surface area (Å²) in [5.41, 5.74) is -4.81. The Labute approximate surface area is 137 Å². The molecule has 0 aromatic rings. The fraction of sp³-hybridized carbons (Fsp3) is 0.750. The van der Waals surface area contributed by atoms with Crippen LogP contribution in [0.1, 0.15) is 40.5 Å². The van der Waals surface area contributed by atoms with Gasteiger partial charge in [0.2, 0.25) is 0 Å². The average Bonchev–Trinajstić information content (AvgIpc) is 2.59. The van der Waals surface area contributed by atoms with Crippen molar-refractivity contribution < 1.29 is 34.8 Å². The van der Waals surface area contributed by atoms with Gasteiger partial charge in [-0.1, -0.05) is 20.4 Å². The first-order valence-corrected chi connectivity index (χ1v) is 7.66. The highest BCUT2D eigenvalue weighted by molar-refractivity contribution is 6.24. The molecule has 0 aliphatic heterocycles. The molecule has 0 aromatic heterocycles. The zero-order valence-electron chi connectivity index (χ0n) is 14.5. The minimum absolute atomic E-state index is 0.0989. The number of hydrogen-bond donors (Lipinski definition) is 4. The molecule has 0 heterocycles. The van der Waals surface area contributed by atoms with Crippen molar-refractivity contribution in [1.29, 1.82) is 0 Å². The first-order valence-electron chi connectivity index (χ1n) is 7.66. The molecule has 0 aliphatic rings. The minimum Gasteiger partial charge on any atom is -0.393 e. The van der Waals surface area contributed by atoms with Gasteiger partial charge in [-0.05, 0) is 26.7 Å². The van der Waals surface area contributed by atoms with E-state index < -0.39 is 41.6 Å². The molecule has 0 saturated heterocycles. The van der Waals surface area contributed by atoms with Crippen LogP contribution in [-0.4, -0.2) is 69.6 Å². The number of carbonyl (C=O) groups excluding carboxylic acids is 2. The molecule has 0 bridgehead atoms. The van der Waals surface area contributed by atoms with Gasteiger partial charge in [-0.25, -0.2) is 0 Å². The largest absolute Gasteiger partial charge is 0.393 e. The van der Waals surface area contributed by atoms with Gasteiger partial charge in [0.1, 0.15) is 11.2 Å². The number of ether oxygens (including phenoxy) is 1. The van der Waals surface area contributed by atoms with Crippen LogP contribution in [0.4, 0.5) is 0 Å². The lowest BCUT2D eigenvalue weighted by molar-refractivity contribution is -0.145. The van der Waals surface area contributed by atoms with Crippen molar-refractivity contribution in [3.05, 3.63) is 12.2 Å². The topological polar surface area (TPSA) is 124 Å². The van der Waals surface area contributed by atoms with E-state index in [9.17, 15) is 19.8 Å². The molecular weight excluding hydrogens is 304 g/mol. The van der Waals surface area contributed by atoms with Crippen molar-refractivity contribution in [2.45, 2.75) is 51.7 Å². The molecule has 4 N–H and O–H groups in total. The van der Waals surface area contributed by atoms with Crippen LogP contribution in [-0.2, 0) is 14.3 Å². The van der Waals surface area contributed by atoms with Crippen molar-refractivity contribution in [2.24, 2.45) is 0 Å². The Morgan fingerprint density at radius 2 is 1.17 bits per heavy atom. The normalized spacial score (nSPS) is 15.7. The highest BCUT2D eigenvalue weighted by Crippen LogP contribution is 2.21. The van der Waals surface area contributed by atoms with E-state index in [0.717, 1.165) is 13.2 Å². The first kappa shape index (κ1) is 24.1. The predicted octanol–water partition coefficient (Wildman–Crippen LogP) is -0.00960. The summed E-state index contributed by atoms with van der Waals surface area (Å²) < 4.78 is 4.83. The van der Waals surface area contributed by atoms with E-state index in [-0.39, 0.29) is 12.8 Å². The molecule has 0 aliphatic carbocycles. The third kappa shape index (κ3) is 6.88. The quantitative estimate of drug-likeness (QED) is 0.252. The number of aliphatic hydroxyl groups is 4. The molecule has 0 amide bonds. The Morgan fingerprint density at radius 1 is 0.870 bits per heavy atom. The van der Waals surface area contributed by atoms with Crippen LogP contribution in [0.15, 0.2) is 12.2 Å². The molecule has 0 rings (SSSR count). The molecule has 0 fully saturated rings. The monoisotopic (exact) mass is 334 g/mol. The van der Waals surface area contributed by atoms with Crippen LogP contribution in [0.5, 0.6) is 0 Å². The Hall–Kier alpha value is -1.12. The van der Waals surface area contributed by atoms with Crippen LogP contribution in [0.25, 0.3) is 0 Å². The van der Waals surface area contributed by atoms with Crippen molar-refractivity contribution in [2.75, 3.05) is 26.4 Å². The lowest BCUT2D eigenvalue weighted by Crippen LogP contribution is -2.49. The summed E-state index contributed by atoms with van der Waals surface area (Å²) in [4.78, 5) is 23.6. The van der Waals surface area contributed by atoms with Gasteiger partial charge in [0.25, 0.3) is 0 Å². The zero-order chi connectivity index (χ0) is 18.7. The molecule has 23 heavy (non-hydrogen) atoms. The minimum atomic E-state index is -2.09. The van der Waals surface area contributed by atoms with Gasteiger partial charge in [0, 0.05) is 13.2 Å². The molecule has 2 unspecified atom stereocenters. The SMILES string of the molecule is C=C(C(=O)C(O)(CC)CO)C(=O)C(O)(CC)CO.CCOCC. The fourth-order valence-electron chi connectivity index (χ4n) is 1.56. The van der Waals surface area contributed by atoms with Crippen LogP contribution in [0, 0.1) is 0 Å². The van der Waals surface area contributed by atoms with E-state index in [4.69, 9.17) is 14.9 Å². The molecule has 7 nitrogen and oxygen atoms in total. The van der Waals surface area contributed by atoms with Gasteiger partial charge in [-0.3, -0.25) is 9.59 Å². The highest BCUT2D eigenvalue weighted by Gasteiger charge is 2.42. The maximum absolute atomic E-state index is 11.8. The molecule has 0 radical (unpaired) electrons.